The molecule has 1 unspecified atom stereocenters. The number of rotatable bonds is 4. The van der Waals surface area contributed by atoms with E-state index in [1.165, 1.54) is 16.1 Å². The first-order valence-electron chi connectivity index (χ1n) is 8.25. The van der Waals surface area contributed by atoms with Gasteiger partial charge in [0.1, 0.15) is 5.01 Å². The van der Waals surface area contributed by atoms with Gasteiger partial charge in [-0.1, -0.05) is 36.4 Å². The quantitative estimate of drug-likeness (QED) is 0.693. The van der Waals surface area contributed by atoms with E-state index < -0.39 is 0 Å². The maximum Gasteiger partial charge on any atom is 0.133 e. The molecule has 24 heavy (non-hydrogen) atoms. The van der Waals surface area contributed by atoms with Crippen LogP contribution in [0.15, 0.2) is 53.2 Å². The van der Waals surface area contributed by atoms with E-state index in [4.69, 9.17) is 4.98 Å². The van der Waals surface area contributed by atoms with Crippen LogP contribution in [0.5, 0.6) is 0 Å². The Morgan fingerprint density at radius 2 is 1.96 bits per heavy atom. The molecule has 124 valence electrons. The summed E-state index contributed by atoms with van der Waals surface area (Å²) in [4.78, 5) is 11.1. The van der Waals surface area contributed by atoms with Gasteiger partial charge in [0, 0.05) is 37.6 Å². The summed E-state index contributed by atoms with van der Waals surface area (Å²) in [7, 11) is 2.21. The molecule has 0 bridgehead atoms. The molecule has 3 heterocycles. The molecule has 0 spiro atoms. The Bertz CT molecular complexity index is 767. The number of hydrogen-bond donors (Lipinski definition) is 0. The topological polar surface area (TPSA) is 19.4 Å². The largest absolute Gasteiger partial charge is 0.303 e. The third-order valence-corrected chi connectivity index (χ3v) is 6.46. The third kappa shape index (κ3) is 3.44. The van der Waals surface area contributed by atoms with E-state index in [0.717, 1.165) is 31.2 Å². The second-order valence-corrected chi connectivity index (χ2v) is 8.09. The van der Waals surface area contributed by atoms with Crippen LogP contribution in [0.4, 0.5) is 0 Å². The van der Waals surface area contributed by atoms with Gasteiger partial charge in [-0.25, -0.2) is 4.98 Å². The number of hydrogen-bond acceptors (Lipinski definition) is 5. The lowest BCUT2D eigenvalue weighted by atomic mass is 10.0. The summed E-state index contributed by atoms with van der Waals surface area (Å²) in [6.07, 6.45) is 0. The van der Waals surface area contributed by atoms with E-state index in [2.05, 4.69) is 70.1 Å². The number of likely N-dealkylation sites (N-methyl/N-ethyl adjacent to an activating group) is 1. The smallest absolute Gasteiger partial charge is 0.133 e. The van der Waals surface area contributed by atoms with E-state index in [1.54, 1.807) is 22.7 Å². The van der Waals surface area contributed by atoms with Gasteiger partial charge in [-0.05, 0) is 24.1 Å². The highest BCUT2D eigenvalue weighted by molar-refractivity contribution is 7.20. The molecule has 1 atom stereocenters. The standard InChI is InChI=1S/C19H21N3S2/c1-21-9-10-22(17(13-21)15-6-3-2-4-7-15)12-16-14-24-19(20-16)18-8-5-11-23-18/h2-8,11,14,17H,9-10,12-13H2,1H3. The second-order valence-electron chi connectivity index (χ2n) is 6.28. The molecule has 1 aliphatic heterocycles. The Morgan fingerprint density at radius 1 is 1.08 bits per heavy atom. The minimum absolute atomic E-state index is 0.442. The molecular weight excluding hydrogens is 334 g/mol. The molecule has 2 aromatic heterocycles. The minimum atomic E-state index is 0.442. The molecule has 0 saturated carbocycles. The Hall–Kier alpha value is -1.53. The fourth-order valence-electron chi connectivity index (χ4n) is 3.24. The lowest BCUT2D eigenvalue weighted by molar-refractivity contribution is 0.0824. The number of nitrogens with zero attached hydrogens (tertiary/aromatic N) is 3. The third-order valence-electron chi connectivity index (χ3n) is 4.53. The molecular formula is C19H21N3S2. The van der Waals surface area contributed by atoms with Crippen LogP contribution in [0.2, 0.25) is 0 Å². The van der Waals surface area contributed by atoms with Crippen molar-refractivity contribution >= 4 is 22.7 Å². The fraction of sp³-hybridized carbons (Fsp3) is 0.316. The number of benzene rings is 1. The van der Waals surface area contributed by atoms with E-state index in [1.807, 2.05) is 0 Å². The summed E-state index contributed by atoms with van der Waals surface area (Å²) < 4.78 is 0. The molecule has 3 aromatic rings. The molecule has 1 saturated heterocycles. The predicted molar refractivity (Wildman–Crippen MR) is 103 cm³/mol. The van der Waals surface area contributed by atoms with Crippen molar-refractivity contribution in [2.45, 2.75) is 12.6 Å². The van der Waals surface area contributed by atoms with Gasteiger partial charge in [-0.2, -0.15) is 0 Å². The van der Waals surface area contributed by atoms with Crippen LogP contribution in [-0.2, 0) is 6.54 Å². The van der Waals surface area contributed by atoms with E-state index in [-0.39, 0.29) is 0 Å². The summed E-state index contributed by atoms with van der Waals surface area (Å²) in [5.41, 5.74) is 2.59. The van der Waals surface area contributed by atoms with Crippen molar-refractivity contribution in [3.05, 3.63) is 64.5 Å². The van der Waals surface area contributed by atoms with Crippen LogP contribution in [0.3, 0.4) is 0 Å². The van der Waals surface area contributed by atoms with Crippen LogP contribution >= 0.6 is 22.7 Å². The Morgan fingerprint density at radius 3 is 2.75 bits per heavy atom. The molecule has 1 fully saturated rings. The van der Waals surface area contributed by atoms with Crippen molar-refractivity contribution in [1.29, 1.82) is 0 Å². The Kier molecular flexibility index (Phi) is 4.76. The molecule has 0 N–H and O–H groups in total. The zero-order chi connectivity index (χ0) is 16.4. The first-order chi connectivity index (χ1) is 11.8. The molecule has 1 aromatic carbocycles. The molecule has 5 heteroatoms. The molecule has 1 aliphatic rings. The minimum Gasteiger partial charge on any atom is -0.303 e. The molecule has 0 amide bonds. The number of thiazole rings is 1. The molecule has 4 rings (SSSR count). The van der Waals surface area contributed by atoms with Crippen molar-refractivity contribution in [3.63, 3.8) is 0 Å². The van der Waals surface area contributed by atoms with Crippen molar-refractivity contribution < 1.29 is 0 Å². The highest BCUT2D eigenvalue weighted by Gasteiger charge is 2.27. The molecule has 3 nitrogen and oxygen atoms in total. The number of aromatic nitrogens is 1. The predicted octanol–water partition coefficient (Wildman–Crippen LogP) is 4.36. The summed E-state index contributed by atoms with van der Waals surface area (Å²) >= 11 is 3.52. The van der Waals surface area contributed by atoms with Crippen LogP contribution < -0.4 is 0 Å². The zero-order valence-electron chi connectivity index (χ0n) is 13.8. The normalized spacial score (nSPS) is 19.6. The maximum atomic E-state index is 4.87. The van der Waals surface area contributed by atoms with Gasteiger partial charge in [-0.15, -0.1) is 22.7 Å². The van der Waals surface area contributed by atoms with Crippen LogP contribution in [0.1, 0.15) is 17.3 Å². The first-order valence-corrected chi connectivity index (χ1v) is 10.0. The van der Waals surface area contributed by atoms with E-state index in [0.29, 0.717) is 6.04 Å². The average molecular weight is 356 g/mol. The van der Waals surface area contributed by atoms with Crippen LogP contribution in [0, 0.1) is 0 Å². The molecule has 0 radical (unpaired) electrons. The van der Waals surface area contributed by atoms with E-state index >= 15 is 0 Å². The SMILES string of the molecule is CN1CCN(Cc2csc(-c3cccs3)n2)C(c2ccccc2)C1. The van der Waals surface area contributed by atoms with Crippen molar-refractivity contribution in [1.82, 2.24) is 14.8 Å². The second kappa shape index (κ2) is 7.15. The fourth-order valence-corrected chi connectivity index (χ4v) is 4.86. The average Bonchev–Trinajstić information content (AvgIpc) is 3.28. The lowest BCUT2D eigenvalue weighted by Gasteiger charge is -2.40. The van der Waals surface area contributed by atoms with Crippen molar-refractivity contribution in [2.75, 3.05) is 26.7 Å². The van der Waals surface area contributed by atoms with Gasteiger partial charge in [-0.3, -0.25) is 4.90 Å². The summed E-state index contributed by atoms with van der Waals surface area (Å²) in [5, 5.41) is 5.47. The lowest BCUT2D eigenvalue weighted by Crippen LogP contribution is -2.46. The maximum absolute atomic E-state index is 4.87. The Balaban J connectivity index is 1.53. The number of piperazine rings is 1. The van der Waals surface area contributed by atoms with Crippen molar-refractivity contribution in [2.24, 2.45) is 0 Å². The van der Waals surface area contributed by atoms with Crippen molar-refractivity contribution in [3.8, 4) is 9.88 Å². The van der Waals surface area contributed by atoms with Gasteiger partial charge < -0.3 is 4.90 Å². The van der Waals surface area contributed by atoms with Crippen LogP contribution in [0.25, 0.3) is 9.88 Å². The van der Waals surface area contributed by atoms with Gasteiger partial charge >= 0.3 is 0 Å². The monoisotopic (exact) mass is 355 g/mol. The molecule has 0 aliphatic carbocycles. The highest BCUT2D eigenvalue weighted by Crippen LogP contribution is 2.30. The zero-order valence-corrected chi connectivity index (χ0v) is 15.4. The van der Waals surface area contributed by atoms with Gasteiger partial charge in [0.05, 0.1) is 10.6 Å². The Labute approximate surface area is 151 Å². The van der Waals surface area contributed by atoms with Gasteiger partial charge in [0.25, 0.3) is 0 Å². The summed E-state index contributed by atoms with van der Waals surface area (Å²) in [5.74, 6) is 0. The van der Waals surface area contributed by atoms with E-state index in [9.17, 15) is 0 Å². The summed E-state index contributed by atoms with van der Waals surface area (Å²) in [6, 6.07) is 15.5. The van der Waals surface area contributed by atoms with Gasteiger partial charge in [0.2, 0.25) is 0 Å². The first kappa shape index (κ1) is 16.0. The van der Waals surface area contributed by atoms with Gasteiger partial charge in [0.15, 0.2) is 0 Å². The summed E-state index contributed by atoms with van der Waals surface area (Å²) in [6.45, 7) is 4.20. The number of thiophene rings is 1. The van der Waals surface area contributed by atoms with Crippen LogP contribution in [-0.4, -0.2) is 41.5 Å². The highest BCUT2D eigenvalue weighted by atomic mass is 32.1.